The maximum atomic E-state index is 11.8. The van der Waals surface area contributed by atoms with Crippen molar-refractivity contribution in [3.8, 4) is 0 Å². The normalized spacial score (nSPS) is 11.1. The van der Waals surface area contributed by atoms with Gasteiger partial charge in [0.2, 0.25) is 0 Å². The lowest BCUT2D eigenvalue weighted by molar-refractivity contribution is 0.0957. The van der Waals surface area contributed by atoms with Gasteiger partial charge in [-0.2, -0.15) is 0 Å². The summed E-state index contributed by atoms with van der Waals surface area (Å²) in [7, 11) is 1.44. The van der Waals surface area contributed by atoms with Crippen molar-refractivity contribution in [3.63, 3.8) is 0 Å². The second kappa shape index (κ2) is 5.86. The second-order valence-electron chi connectivity index (χ2n) is 3.61. The molecule has 0 aliphatic rings. The molecule has 0 aliphatic carbocycles. The number of aryl methyl sites for hydroxylation is 1. The Morgan fingerprint density at radius 1 is 1.50 bits per heavy atom. The average Bonchev–Trinajstić information content (AvgIpc) is 2.24. The number of hydrogen-bond donors (Lipinski definition) is 1. The van der Waals surface area contributed by atoms with E-state index in [-0.39, 0.29) is 10.8 Å². The zero-order valence-electron chi connectivity index (χ0n) is 9.54. The van der Waals surface area contributed by atoms with Crippen molar-refractivity contribution >= 4 is 41.6 Å². The molecule has 0 saturated heterocycles. The monoisotopic (exact) mass is 351 g/mol. The molecule has 0 heterocycles. The quantitative estimate of drug-likeness (QED) is 0.847. The first-order valence-electron chi connectivity index (χ1n) is 4.88. The van der Waals surface area contributed by atoms with Crippen LogP contribution >= 0.6 is 26.6 Å². The number of benzene rings is 1. The Hall–Kier alpha value is -0.850. The minimum absolute atomic E-state index is 0.0249. The van der Waals surface area contributed by atoms with Crippen LogP contribution < -0.4 is 5.32 Å². The van der Waals surface area contributed by atoms with Crippen LogP contribution in [0.3, 0.4) is 0 Å². The largest absolute Gasteiger partial charge is 0.347 e. The van der Waals surface area contributed by atoms with Gasteiger partial charge in [-0.3, -0.25) is 4.79 Å². The Morgan fingerprint density at radius 2 is 2.11 bits per heavy atom. The minimum atomic E-state index is -3.77. The average molecular weight is 353 g/mol. The predicted molar refractivity (Wildman–Crippen MR) is 74.6 cm³/mol. The van der Waals surface area contributed by atoms with E-state index in [0.717, 1.165) is 0 Å². The molecule has 0 bridgehead atoms. The fourth-order valence-corrected chi connectivity index (χ4v) is 2.29. The molecule has 7 heteroatoms. The van der Waals surface area contributed by atoms with Gasteiger partial charge < -0.3 is 5.32 Å². The third kappa shape index (κ3) is 4.12. The molecule has 1 aromatic carbocycles. The van der Waals surface area contributed by atoms with Crippen LogP contribution in [0.5, 0.6) is 0 Å². The highest BCUT2D eigenvalue weighted by Crippen LogP contribution is 2.19. The molecule has 98 valence electrons. The number of carbonyl (C=O) groups excluding carboxylic acids is 1. The lowest BCUT2D eigenvalue weighted by Gasteiger charge is -2.08. The summed E-state index contributed by atoms with van der Waals surface area (Å²) in [4.78, 5) is 11.8. The third-order valence-corrected chi connectivity index (χ3v) is 3.80. The van der Waals surface area contributed by atoms with E-state index in [1.54, 1.807) is 6.92 Å². The maximum absolute atomic E-state index is 11.8. The Morgan fingerprint density at radius 3 is 2.56 bits per heavy atom. The van der Waals surface area contributed by atoms with Gasteiger partial charge in [0, 0.05) is 27.3 Å². The summed E-state index contributed by atoms with van der Waals surface area (Å²) in [6, 6.07) is 4.09. The van der Waals surface area contributed by atoms with E-state index >= 15 is 0 Å². The molecule has 0 radical (unpaired) electrons. The van der Waals surface area contributed by atoms with E-state index in [2.05, 4.69) is 27.8 Å². The molecular formula is C11H11BrClNO3S. The smallest absolute Gasteiger partial charge is 0.261 e. The van der Waals surface area contributed by atoms with E-state index in [9.17, 15) is 13.2 Å². The number of carbonyl (C=O) groups is 1. The van der Waals surface area contributed by atoms with Crippen LogP contribution in [0.1, 0.15) is 15.9 Å². The molecule has 0 aromatic heterocycles. The number of hydrogen-bond acceptors (Lipinski definition) is 3. The van der Waals surface area contributed by atoms with Crippen molar-refractivity contribution in [1.29, 1.82) is 0 Å². The van der Waals surface area contributed by atoms with Gasteiger partial charge in [-0.25, -0.2) is 8.42 Å². The van der Waals surface area contributed by atoms with E-state index in [0.29, 0.717) is 22.2 Å². The Balaban J connectivity index is 2.99. The maximum Gasteiger partial charge on any atom is 0.261 e. The van der Waals surface area contributed by atoms with Gasteiger partial charge in [0.15, 0.2) is 0 Å². The van der Waals surface area contributed by atoms with Gasteiger partial charge in [-0.15, -0.1) is 0 Å². The molecule has 0 fully saturated rings. The van der Waals surface area contributed by atoms with Crippen molar-refractivity contribution < 1.29 is 13.2 Å². The minimum Gasteiger partial charge on any atom is -0.347 e. The lowest BCUT2D eigenvalue weighted by Crippen LogP contribution is -2.25. The van der Waals surface area contributed by atoms with Gasteiger partial charge >= 0.3 is 0 Å². The predicted octanol–water partition coefficient (Wildman–Crippen LogP) is 2.56. The number of nitrogens with one attached hydrogen (secondary N) is 1. The summed E-state index contributed by atoms with van der Waals surface area (Å²) in [6.07, 6.45) is 0. The lowest BCUT2D eigenvalue weighted by atomic mass is 10.1. The molecule has 0 aliphatic heterocycles. The van der Waals surface area contributed by atoms with Gasteiger partial charge in [-0.05, 0) is 30.7 Å². The molecule has 0 saturated carbocycles. The van der Waals surface area contributed by atoms with Gasteiger partial charge in [-0.1, -0.05) is 22.5 Å². The SMILES string of the molecule is C=C(Br)CNC(=O)c1ccc(S(=O)(=O)Cl)cc1C. The molecule has 1 amide bonds. The summed E-state index contributed by atoms with van der Waals surface area (Å²) < 4.78 is 22.9. The summed E-state index contributed by atoms with van der Waals surface area (Å²) in [5.74, 6) is -0.299. The Bertz CT molecular complexity index is 598. The van der Waals surface area contributed by atoms with E-state index in [1.165, 1.54) is 18.2 Å². The first-order valence-corrected chi connectivity index (χ1v) is 7.99. The number of rotatable bonds is 4. The summed E-state index contributed by atoms with van der Waals surface area (Å²) in [5.41, 5.74) is 0.933. The molecule has 4 nitrogen and oxygen atoms in total. The van der Waals surface area contributed by atoms with Crippen molar-refractivity contribution in [2.24, 2.45) is 0 Å². The van der Waals surface area contributed by atoms with Crippen molar-refractivity contribution in [2.75, 3.05) is 6.54 Å². The summed E-state index contributed by atoms with van der Waals surface area (Å²) >= 11 is 3.13. The summed E-state index contributed by atoms with van der Waals surface area (Å²) in [6.45, 7) is 5.54. The van der Waals surface area contributed by atoms with Gasteiger partial charge in [0.1, 0.15) is 0 Å². The van der Waals surface area contributed by atoms with Gasteiger partial charge in [0.25, 0.3) is 15.0 Å². The highest BCUT2D eigenvalue weighted by Gasteiger charge is 2.14. The third-order valence-electron chi connectivity index (χ3n) is 2.16. The number of halogens is 2. The Labute approximate surface area is 119 Å². The molecular weight excluding hydrogens is 342 g/mol. The zero-order valence-corrected chi connectivity index (χ0v) is 12.7. The van der Waals surface area contributed by atoms with Gasteiger partial charge in [0.05, 0.1) is 4.90 Å². The van der Waals surface area contributed by atoms with Crippen LogP contribution in [0.25, 0.3) is 0 Å². The highest BCUT2D eigenvalue weighted by molar-refractivity contribution is 9.11. The van der Waals surface area contributed by atoms with Crippen LogP contribution in [0.15, 0.2) is 34.2 Å². The molecule has 0 atom stereocenters. The topological polar surface area (TPSA) is 63.2 Å². The van der Waals surface area contributed by atoms with Crippen LogP contribution in [-0.2, 0) is 9.05 Å². The molecule has 1 N–H and O–H groups in total. The van der Waals surface area contributed by atoms with Crippen LogP contribution in [-0.4, -0.2) is 20.9 Å². The molecule has 1 rings (SSSR count). The van der Waals surface area contributed by atoms with Crippen molar-refractivity contribution in [2.45, 2.75) is 11.8 Å². The fraction of sp³-hybridized carbons (Fsp3) is 0.182. The fourth-order valence-electron chi connectivity index (χ4n) is 1.31. The van der Waals surface area contributed by atoms with Crippen molar-refractivity contribution in [3.05, 3.63) is 40.4 Å². The van der Waals surface area contributed by atoms with Crippen LogP contribution in [0.4, 0.5) is 0 Å². The molecule has 0 spiro atoms. The van der Waals surface area contributed by atoms with Crippen molar-refractivity contribution in [1.82, 2.24) is 5.32 Å². The van der Waals surface area contributed by atoms with E-state index < -0.39 is 9.05 Å². The van der Waals surface area contributed by atoms with E-state index in [4.69, 9.17) is 10.7 Å². The first kappa shape index (κ1) is 15.2. The molecule has 1 aromatic rings. The zero-order chi connectivity index (χ0) is 13.9. The van der Waals surface area contributed by atoms with Crippen LogP contribution in [0.2, 0.25) is 0 Å². The Kier molecular flexibility index (Phi) is 4.95. The molecule has 18 heavy (non-hydrogen) atoms. The second-order valence-corrected chi connectivity index (χ2v) is 7.30. The van der Waals surface area contributed by atoms with E-state index in [1.807, 2.05) is 0 Å². The molecule has 0 unspecified atom stereocenters. The highest BCUT2D eigenvalue weighted by atomic mass is 79.9. The first-order chi connectivity index (χ1) is 8.21. The number of amides is 1. The van der Waals surface area contributed by atoms with Crippen LogP contribution in [0, 0.1) is 6.92 Å². The standard InChI is InChI=1S/C11H11BrClNO3S/c1-7-5-9(18(13,16)17)3-4-10(7)11(15)14-6-8(2)12/h3-5H,2,6H2,1H3,(H,14,15). The summed E-state index contributed by atoms with van der Waals surface area (Å²) in [5, 5.41) is 2.63.